The maximum Gasteiger partial charge on any atom is 0.320 e. The number of likely N-dealkylation sites (N-methyl/N-ethyl adjacent to an activating group) is 1. The van der Waals surface area contributed by atoms with Crippen molar-refractivity contribution in [3.63, 3.8) is 0 Å². The second kappa shape index (κ2) is 15.0. The first-order valence-corrected chi connectivity index (χ1v) is 20.7. The lowest BCUT2D eigenvalue weighted by atomic mass is 9.74. The van der Waals surface area contributed by atoms with Crippen molar-refractivity contribution in [1.29, 1.82) is 0 Å². The molecule has 2 aromatic carbocycles. The number of aromatic nitrogens is 2. The van der Waals surface area contributed by atoms with E-state index in [0.717, 1.165) is 87.8 Å². The maximum absolute atomic E-state index is 13.4. The highest BCUT2D eigenvalue weighted by Gasteiger charge is 2.45. The third-order valence-corrected chi connectivity index (χ3v) is 13.4. The number of carbonyl (C=O) groups is 5. The van der Waals surface area contributed by atoms with E-state index in [1.807, 2.05) is 30.1 Å². The molecule has 7 heterocycles. The number of hydrogen-bond acceptors (Lipinski definition) is 11. The Morgan fingerprint density at radius 1 is 0.898 bits per heavy atom. The van der Waals surface area contributed by atoms with Crippen LogP contribution < -0.4 is 26.2 Å². The van der Waals surface area contributed by atoms with Crippen LogP contribution in [0.1, 0.15) is 82.2 Å². The quantitative estimate of drug-likeness (QED) is 0.271. The van der Waals surface area contributed by atoms with Gasteiger partial charge in [-0.1, -0.05) is 25.6 Å². The Hall–Kier alpha value is -6.03. The van der Waals surface area contributed by atoms with Gasteiger partial charge in [0.05, 0.1) is 23.4 Å². The number of hydrogen-bond donors (Lipinski definition) is 3. The molecule has 2 atom stereocenters. The average Bonchev–Trinajstić information content (AvgIpc) is 3.67. The van der Waals surface area contributed by atoms with Gasteiger partial charge in [-0.25, -0.2) is 14.8 Å². The summed E-state index contributed by atoms with van der Waals surface area (Å²) in [4.78, 5) is 85.3. The summed E-state index contributed by atoms with van der Waals surface area (Å²) in [5, 5.41) is 5.99. The van der Waals surface area contributed by atoms with E-state index in [4.69, 9.17) is 10.7 Å². The summed E-state index contributed by atoms with van der Waals surface area (Å²) in [6.45, 7) is 12.6. The van der Waals surface area contributed by atoms with Crippen molar-refractivity contribution in [2.45, 2.75) is 69.0 Å². The molecule has 59 heavy (non-hydrogen) atoms. The molecule has 6 amide bonds. The SMILES string of the molecule is C=C1CCC(N2C(=O)c3ccc(N4CC(N5CCC(C)(c6ccc(Nc7nc(N8CCC[C@H](N9CCN(C)C9=O)C8)cnc7C(N)=O)cc6)CC5)C4)cc3C2=O)C(=O)N1. The second-order valence-electron chi connectivity index (χ2n) is 17.1. The van der Waals surface area contributed by atoms with Crippen LogP contribution in [0.5, 0.6) is 0 Å². The fraction of sp³-hybridized carbons (Fsp3) is 0.465. The number of anilines is 4. The Bertz CT molecular complexity index is 2230. The second-order valence-corrected chi connectivity index (χ2v) is 17.1. The molecule has 6 aliphatic heterocycles. The van der Waals surface area contributed by atoms with E-state index in [1.54, 1.807) is 23.2 Å². The summed E-state index contributed by atoms with van der Waals surface area (Å²) in [6, 6.07) is 13.4. The predicted octanol–water partition coefficient (Wildman–Crippen LogP) is 3.29. The molecule has 6 aliphatic rings. The van der Waals surface area contributed by atoms with Crippen LogP contribution in [-0.4, -0.2) is 137 Å². The van der Waals surface area contributed by atoms with E-state index in [0.29, 0.717) is 53.9 Å². The van der Waals surface area contributed by atoms with Gasteiger partial charge >= 0.3 is 6.03 Å². The van der Waals surface area contributed by atoms with Gasteiger partial charge < -0.3 is 36.0 Å². The van der Waals surface area contributed by atoms with Crippen LogP contribution in [0, 0.1) is 0 Å². The van der Waals surface area contributed by atoms with Gasteiger partial charge in [-0.3, -0.25) is 29.0 Å². The molecule has 1 unspecified atom stereocenters. The zero-order valence-corrected chi connectivity index (χ0v) is 33.7. The van der Waals surface area contributed by atoms with Gasteiger partial charge in [-0.2, -0.15) is 0 Å². The zero-order chi connectivity index (χ0) is 41.2. The molecule has 9 rings (SSSR count). The molecule has 5 saturated heterocycles. The minimum Gasteiger partial charge on any atom is -0.368 e. The summed E-state index contributed by atoms with van der Waals surface area (Å²) in [6.07, 6.45) is 6.35. The number of nitrogens with one attached hydrogen (secondary N) is 2. The number of allylic oxidation sites excluding steroid dienone is 1. The van der Waals surface area contributed by atoms with E-state index >= 15 is 0 Å². The van der Waals surface area contributed by atoms with Crippen molar-refractivity contribution in [2.75, 3.05) is 74.5 Å². The molecule has 4 N–H and O–H groups in total. The molecule has 16 nitrogen and oxygen atoms in total. The van der Waals surface area contributed by atoms with Crippen LogP contribution in [0.15, 0.2) is 60.9 Å². The highest BCUT2D eigenvalue weighted by molar-refractivity contribution is 6.23. The van der Waals surface area contributed by atoms with E-state index in [-0.39, 0.29) is 29.1 Å². The zero-order valence-electron chi connectivity index (χ0n) is 33.7. The molecule has 308 valence electrons. The standard InChI is InChI=1S/C43H51N11O5/c1-26-6-13-34(39(56)46-26)54-40(57)32-12-11-29(21-33(32)41(54)58)52-24-31(25-52)50-17-14-43(2,15-18-50)27-7-9-28(10-8-27)47-38-36(37(44)55)45-22-35(48-38)51-16-4-5-30(23-51)53-20-19-49(3)42(53)59/h7-12,21-22,30-31,34H,1,4-6,13-20,23-25H2,2-3H3,(H2,44,55)(H,46,56)(H,47,48)/t30-,34?/m0/s1. The molecular weight excluding hydrogens is 751 g/mol. The number of imide groups is 1. The molecular formula is C43H51N11O5. The Balaban J connectivity index is 0.798. The highest BCUT2D eigenvalue weighted by Crippen LogP contribution is 2.39. The highest BCUT2D eigenvalue weighted by atomic mass is 16.2. The topological polar surface area (TPSA) is 181 Å². The molecule has 0 spiro atoms. The van der Waals surface area contributed by atoms with E-state index in [9.17, 15) is 24.0 Å². The van der Waals surface area contributed by atoms with Crippen molar-refractivity contribution in [2.24, 2.45) is 5.73 Å². The summed E-state index contributed by atoms with van der Waals surface area (Å²) >= 11 is 0. The van der Waals surface area contributed by atoms with Crippen LogP contribution in [-0.2, 0) is 10.2 Å². The number of benzene rings is 2. The Labute approximate surface area is 343 Å². The summed E-state index contributed by atoms with van der Waals surface area (Å²) in [5.41, 5.74) is 10.0. The van der Waals surface area contributed by atoms with Gasteiger partial charge in [0.1, 0.15) is 11.9 Å². The van der Waals surface area contributed by atoms with Crippen LogP contribution in [0.4, 0.5) is 27.8 Å². The summed E-state index contributed by atoms with van der Waals surface area (Å²) in [7, 11) is 1.83. The van der Waals surface area contributed by atoms with Crippen LogP contribution in [0.3, 0.4) is 0 Å². The fourth-order valence-electron chi connectivity index (χ4n) is 9.62. The van der Waals surface area contributed by atoms with Crippen molar-refractivity contribution in [1.82, 2.24) is 34.9 Å². The lowest BCUT2D eigenvalue weighted by Gasteiger charge is -2.50. The summed E-state index contributed by atoms with van der Waals surface area (Å²) in [5.74, 6) is -0.922. The maximum atomic E-state index is 13.4. The number of fused-ring (bicyclic) bond motifs is 1. The van der Waals surface area contributed by atoms with Crippen LogP contribution >= 0.6 is 0 Å². The molecule has 5 fully saturated rings. The Morgan fingerprint density at radius 2 is 1.63 bits per heavy atom. The lowest BCUT2D eigenvalue weighted by Crippen LogP contribution is -2.61. The number of nitrogens with two attached hydrogens (primary N) is 1. The Kier molecular flexibility index (Phi) is 9.76. The molecule has 3 aromatic rings. The number of piperidine rings is 3. The number of nitrogens with zero attached hydrogens (tertiary/aromatic N) is 8. The van der Waals surface area contributed by atoms with E-state index in [1.165, 1.54) is 5.56 Å². The van der Waals surface area contributed by atoms with Gasteiger partial charge in [-0.05, 0) is 92.9 Å². The average molecular weight is 802 g/mol. The van der Waals surface area contributed by atoms with Gasteiger partial charge in [-0.15, -0.1) is 0 Å². The first-order chi connectivity index (χ1) is 28.4. The molecule has 1 aromatic heterocycles. The number of urea groups is 1. The summed E-state index contributed by atoms with van der Waals surface area (Å²) < 4.78 is 0. The number of carbonyl (C=O) groups excluding carboxylic acids is 5. The van der Waals surface area contributed by atoms with Gasteiger partial charge in [0.2, 0.25) is 5.91 Å². The first-order valence-electron chi connectivity index (χ1n) is 20.7. The fourth-order valence-corrected chi connectivity index (χ4v) is 9.62. The number of likely N-dealkylation sites (tertiary alicyclic amines) is 1. The van der Waals surface area contributed by atoms with Crippen molar-refractivity contribution >= 4 is 52.7 Å². The van der Waals surface area contributed by atoms with Gasteiger partial charge in [0, 0.05) is 69.4 Å². The monoisotopic (exact) mass is 801 g/mol. The van der Waals surface area contributed by atoms with Crippen molar-refractivity contribution in [3.8, 4) is 0 Å². The van der Waals surface area contributed by atoms with Crippen LogP contribution in [0.2, 0.25) is 0 Å². The third-order valence-electron chi connectivity index (χ3n) is 13.4. The minimum absolute atomic E-state index is 0.00582. The lowest BCUT2D eigenvalue weighted by molar-refractivity contribution is -0.125. The first kappa shape index (κ1) is 38.5. The van der Waals surface area contributed by atoms with Gasteiger partial charge in [0.25, 0.3) is 17.7 Å². The smallest absolute Gasteiger partial charge is 0.320 e. The normalized spacial score (nSPS) is 23.8. The molecule has 16 heteroatoms. The van der Waals surface area contributed by atoms with E-state index < -0.39 is 23.8 Å². The molecule has 0 aliphatic carbocycles. The van der Waals surface area contributed by atoms with E-state index in [2.05, 4.69) is 56.0 Å². The third kappa shape index (κ3) is 7.02. The molecule has 0 bridgehead atoms. The minimum atomic E-state index is -0.824. The molecule has 0 radical (unpaired) electrons. The molecule has 0 saturated carbocycles. The van der Waals surface area contributed by atoms with Crippen LogP contribution in [0.25, 0.3) is 0 Å². The Morgan fingerprint density at radius 3 is 2.32 bits per heavy atom. The largest absolute Gasteiger partial charge is 0.368 e. The van der Waals surface area contributed by atoms with Gasteiger partial charge in [0.15, 0.2) is 11.5 Å². The number of amides is 6. The predicted molar refractivity (Wildman–Crippen MR) is 222 cm³/mol. The van der Waals surface area contributed by atoms with Crippen molar-refractivity contribution in [3.05, 3.63) is 83.3 Å². The van der Waals surface area contributed by atoms with Crippen molar-refractivity contribution < 1.29 is 24.0 Å². The number of rotatable bonds is 9. The number of primary amides is 1.